The van der Waals surface area contributed by atoms with E-state index in [9.17, 15) is 14.0 Å². The summed E-state index contributed by atoms with van der Waals surface area (Å²) in [6.45, 7) is 0.654. The molecule has 2 heterocycles. The Morgan fingerprint density at radius 3 is 2.70 bits per heavy atom. The molecule has 2 aromatic carbocycles. The third-order valence-corrected chi connectivity index (χ3v) is 5.79. The average Bonchev–Trinajstić information content (AvgIpc) is 2.88. The van der Waals surface area contributed by atoms with Crippen LogP contribution < -0.4 is 10.9 Å². The zero-order valence-corrected chi connectivity index (χ0v) is 15.3. The topological polar surface area (TPSA) is 64.0 Å². The van der Waals surface area contributed by atoms with Crippen molar-refractivity contribution in [2.24, 2.45) is 0 Å². The fraction of sp³-hybridized carbons (Fsp3) is 0.250. The van der Waals surface area contributed by atoms with Crippen molar-refractivity contribution < 1.29 is 9.18 Å². The van der Waals surface area contributed by atoms with Gasteiger partial charge in [0.15, 0.2) is 5.16 Å². The third kappa shape index (κ3) is 3.47. The molecule has 3 aromatic rings. The van der Waals surface area contributed by atoms with Crippen LogP contribution in [0.4, 0.5) is 4.39 Å². The van der Waals surface area contributed by atoms with Crippen molar-refractivity contribution in [2.45, 2.75) is 29.7 Å². The molecule has 138 valence electrons. The Morgan fingerprint density at radius 2 is 1.85 bits per heavy atom. The molecule has 1 aliphatic heterocycles. The number of carbonyl (C=O) groups excluding carboxylic acids is 1. The predicted molar refractivity (Wildman–Crippen MR) is 104 cm³/mol. The summed E-state index contributed by atoms with van der Waals surface area (Å²) in [7, 11) is 0. The van der Waals surface area contributed by atoms with Gasteiger partial charge < -0.3 is 5.32 Å². The highest BCUT2D eigenvalue weighted by Crippen LogP contribution is 2.29. The summed E-state index contributed by atoms with van der Waals surface area (Å²) in [5.74, 6) is -0.580. The Hall–Kier alpha value is -2.67. The van der Waals surface area contributed by atoms with Crippen molar-refractivity contribution in [2.75, 3.05) is 6.54 Å². The molecule has 1 atom stereocenters. The quantitative estimate of drug-likeness (QED) is 0.705. The number of halogens is 1. The number of para-hydroxylation sites is 2. The van der Waals surface area contributed by atoms with Crippen molar-refractivity contribution in [1.29, 1.82) is 0 Å². The van der Waals surface area contributed by atoms with E-state index in [0.717, 1.165) is 12.8 Å². The summed E-state index contributed by atoms with van der Waals surface area (Å²) in [5.41, 5.74) is 0.325. The van der Waals surface area contributed by atoms with E-state index in [1.807, 2.05) is 0 Å². The number of amides is 1. The first-order chi connectivity index (χ1) is 13.1. The molecule has 0 saturated carbocycles. The Morgan fingerprint density at radius 1 is 1.07 bits per heavy atom. The number of thioether (sulfide) groups is 1. The Labute approximate surface area is 159 Å². The minimum absolute atomic E-state index is 0.0695. The second-order valence-corrected chi connectivity index (χ2v) is 7.57. The van der Waals surface area contributed by atoms with Gasteiger partial charge in [0, 0.05) is 6.54 Å². The van der Waals surface area contributed by atoms with Gasteiger partial charge in [0.25, 0.3) is 5.56 Å². The molecule has 1 aromatic heterocycles. The van der Waals surface area contributed by atoms with Crippen molar-refractivity contribution in [3.63, 3.8) is 0 Å². The van der Waals surface area contributed by atoms with Gasteiger partial charge >= 0.3 is 0 Å². The molecule has 0 bridgehead atoms. The van der Waals surface area contributed by atoms with Crippen molar-refractivity contribution in [1.82, 2.24) is 14.9 Å². The number of fused-ring (bicyclic) bond motifs is 1. The summed E-state index contributed by atoms with van der Waals surface area (Å²) in [6, 6.07) is 13.1. The lowest BCUT2D eigenvalue weighted by Gasteiger charge is -2.17. The molecule has 4 rings (SSSR count). The van der Waals surface area contributed by atoms with Gasteiger partial charge in [-0.3, -0.25) is 14.2 Å². The average molecular weight is 383 g/mol. The molecular formula is C20H18FN3O2S. The van der Waals surface area contributed by atoms with Gasteiger partial charge in [-0.15, -0.1) is 0 Å². The first kappa shape index (κ1) is 17.7. The minimum atomic E-state index is -0.510. The SMILES string of the molecule is O=C1NCCCCC1Sc1nc2ccccc2c(=O)n1-c1ccccc1F. The lowest BCUT2D eigenvalue weighted by atomic mass is 10.2. The largest absolute Gasteiger partial charge is 0.355 e. The normalized spacial score (nSPS) is 17.5. The third-order valence-electron chi connectivity index (χ3n) is 4.57. The van der Waals surface area contributed by atoms with Gasteiger partial charge in [-0.25, -0.2) is 9.37 Å². The van der Waals surface area contributed by atoms with Gasteiger partial charge in [0.1, 0.15) is 5.82 Å². The first-order valence-corrected chi connectivity index (χ1v) is 9.74. The Bertz CT molecular complexity index is 1070. The molecule has 1 unspecified atom stereocenters. The van der Waals surface area contributed by atoms with E-state index in [1.165, 1.54) is 22.4 Å². The predicted octanol–water partition coefficient (Wildman–Crippen LogP) is 3.29. The van der Waals surface area contributed by atoms with Crippen molar-refractivity contribution in [3.8, 4) is 5.69 Å². The van der Waals surface area contributed by atoms with E-state index in [-0.39, 0.29) is 22.4 Å². The highest BCUT2D eigenvalue weighted by atomic mass is 32.2. The number of aromatic nitrogens is 2. The molecule has 0 aliphatic carbocycles. The molecule has 0 radical (unpaired) electrons. The van der Waals surface area contributed by atoms with Crippen LogP contribution in [-0.2, 0) is 4.79 Å². The second kappa shape index (κ2) is 7.52. The molecule has 0 spiro atoms. The van der Waals surface area contributed by atoms with Gasteiger partial charge in [-0.1, -0.05) is 42.4 Å². The summed E-state index contributed by atoms with van der Waals surface area (Å²) in [5, 5.41) is 3.26. The highest BCUT2D eigenvalue weighted by molar-refractivity contribution is 8.00. The Balaban J connectivity index is 1.90. The molecule has 5 nitrogen and oxygen atoms in total. The number of nitrogens with zero attached hydrogens (tertiary/aromatic N) is 2. The van der Waals surface area contributed by atoms with E-state index in [1.54, 1.807) is 42.5 Å². The van der Waals surface area contributed by atoms with Crippen LogP contribution in [-0.4, -0.2) is 27.3 Å². The minimum Gasteiger partial charge on any atom is -0.355 e. The van der Waals surface area contributed by atoms with E-state index in [0.29, 0.717) is 29.0 Å². The number of hydrogen-bond donors (Lipinski definition) is 1. The van der Waals surface area contributed by atoms with Crippen molar-refractivity contribution >= 4 is 28.6 Å². The standard InChI is InChI=1S/C20H18FN3O2S/c21-14-8-2-4-10-16(14)24-19(26)13-7-1-3-9-15(13)23-20(24)27-17-11-5-6-12-22-18(17)25/h1-4,7-10,17H,5-6,11-12H2,(H,22,25). The van der Waals surface area contributed by atoms with E-state index in [4.69, 9.17) is 0 Å². The maximum Gasteiger partial charge on any atom is 0.266 e. The smallest absolute Gasteiger partial charge is 0.266 e. The first-order valence-electron chi connectivity index (χ1n) is 8.86. The van der Waals surface area contributed by atoms with Crippen LogP contribution in [0.5, 0.6) is 0 Å². The summed E-state index contributed by atoms with van der Waals surface area (Å²) < 4.78 is 15.8. The number of benzene rings is 2. The fourth-order valence-electron chi connectivity index (χ4n) is 3.19. The van der Waals surface area contributed by atoms with Crippen LogP contribution in [0, 0.1) is 5.82 Å². The van der Waals surface area contributed by atoms with Crippen LogP contribution in [0.25, 0.3) is 16.6 Å². The van der Waals surface area contributed by atoms with Crippen molar-refractivity contribution in [3.05, 3.63) is 64.7 Å². The van der Waals surface area contributed by atoms with Gasteiger partial charge in [-0.05, 0) is 37.1 Å². The number of nitrogens with one attached hydrogen (secondary N) is 1. The fourth-order valence-corrected chi connectivity index (χ4v) is 4.35. The molecule has 1 amide bonds. The van der Waals surface area contributed by atoms with Crippen LogP contribution in [0.2, 0.25) is 0 Å². The molecule has 1 saturated heterocycles. The zero-order valence-electron chi connectivity index (χ0n) is 14.5. The maximum absolute atomic E-state index is 14.5. The van der Waals surface area contributed by atoms with Crippen LogP contribution >= 0.6 is 11.8 Å². The van der Waals surface area contributed by atoms with Crippen LogP contribution in [0.15, 0.2) is 58.5 Å². The maximum atomic E-state index is 14.5. The number of carbonyl (C=O) groups is 1. The monoisotopic (exact) mass is 383 g/mol. The van der Waals surface area contributed by atoms with Gasteiger partial charge in [0.05, 0.1) is 21.8 Å². The molecular weight excluding hydrogens is 365 g/mol. The summed E-state index contributed by atoms with van der Waals surface area (Å²) in [6.07, 6.45) is 2.53. The molecule has 1 N–H and O–H groups in total. The van der Waals surface area contributed by atoms with Crippen LogP contribution in [0.1, 0.15) is 19.3 Å². The van der Waals surface area contributed by atoms with Crippen LogP contribution in [0.3, 0.4) is 0 Å². The lowest BCUT2D eigenvalue weighted by Crippen LogP contribution is -2.32. The molecule has 7 heteroatoms. The lowest BCUT2D eigenvalue weighted by molar-refractivity contribution is -0.120. The van der Waals surface area contributed by atoms with E-state index in [2.05, 4.69) is 10.3 Å². The number of rotatable bonds is 3. The molecule has 1 fully saturated rings. The van der Waals surface area contributed by atoms with Gasteiger partial charge in [0.2, 0.25) is 5.91 Å². The zero-order chi connectivity index (χ0) is 18.8. The van der Waals surface area contributed by atoms with E-state index < -0.39 is 5.82 Å². The second-order valence-electron chi connectivity index (χ2n) is 6.40. The highest BCUT2D eigenvalue weighted by Gasteiger charge is 2.25. The molecule has 1 aliphatic rings. The molecule has 27 heavy (non-hydrogen) atoms. The summed E-state index contributed by atoms with van der Waals surface area (Å²) in [4.78, 5) is 30.1. The van der Waals surface area contributed by atoms with E-state index >= 15 is 0 Å². The summed E-state index contributed by atoms with van der Waals surface area (Å²) >= 11 is 1.22. The number of hydrogen-bond acceptors (Lipinski definition) is 4. The van der Waals surface area contributed by atoms with Gasteiger partial charge in [-0.2, -0.15) is 0 Å². The Kier molecular flexibility index (Phi) is 4.94.